The molecule has 3 aromatic heterocycles. The molecule has 8 nitrogen and oxygen atoms in total. The SMILES string of the molecule is O=C(c1nnc(-c2ccncn2)o1)c1c(Cl)n(Cc2ccc(Cl)cc2)c2ccc(O)cc12. The van der Waals surface area contributed by atoms with Gasteiger partial charge in [-0.2, -0.15) is 0 Å². The van der Waals surface area contributed by atoms with Crippen molar-refractivity contribution in [3.63, 3.8) is 0 Å². The van der Waals surface area contributed by atoms with Crippen molar-refractivity contribution in [2.24, 2.45) is 0 Å². The maximum Gasteiger partial charge on any atom is 0.289 e. The van der Waals surface area contributed by atoms with Gasteiger partial charge < -0.3 is 14.1 Å². The average molecular weight is 466 g/mol. The first-order chi connectivity index (χ1) is 15.5. The van der Waals surface area contributed by atoms with Gasteiger partial charge in [-0.05, 0) is 42.0 Å². The predicted octanol–water partition coefficient (Wildman–Crippen LogP) is 4.77. The van der Waals surface area contributed by atoms with Crippen LogP contribution in [0, 0.1) is 0 Å². The number of halogens is 2. The summed E-state index contributed by atoms with van der Waals surface area (Å²) < 4.78 is 7.33. The molecule has 0 radical (unpaired) electrons. The van der Waals surface area contributed by atoms with Crippen LogP contribution in [0.1, 0.15) is 21.8 Å². The second-order valence-electron chi connectivity index (χ2n) is 6.92. The minimum Gasteiger partial charge on any atom is -0.508 e. The number of ketones is 1. The fraction of sp³-hybridized carbons (Fsp3) is 0.0455. The largest absolute Gasteiger partial charge is 0.508 e. The first kappa shape index (κ1) is 20.2. The summed E-state index contributed by atoms with van der Waals surface area (Å²) in [6.45, 7) is 0.389. The van der Waals surface area contributed by atoms with Gasteiger partial charge in [0.25, 0.3) is 17.6 Å². The molecule has 0 amide bonds. The lowest BCUT2D eigenvalue weighted by Gasteiger charge is -2.08. The number of rotatable bonds is 5. The lowest BCUT2D eigenvalue weighted by Crippen LogP contribution is -2.04. The number of benzene rings is 2. The van der Waals surface area contributed by atoms with Crippen LogP contribution < -0.4 is 0 Å². The first-order valence-corrected chi connectivity index (χ1v) is 10.2. The Kier molecular flexibility index (Phi) is 5.08. The Hall–Kier alpha value is -3.75. The Morgan fingerprint density at radius 2 is 1.88 bits per heavy atom. The van der Waals surface area contributed by atoms with Crippen LogP contribution >= 0.6 is 23.2 Å². The molecule has 5 aromatic rings. The fourth-order valence-electron chi connectivity index (χ4n) is 3.40. The molecule has 158 valence electrons. The summed E-state index contributed by atoms with van der Waals surface area (Å²) in [7, 11) is 0. The first-order valence-electron chi connectivity index (χ1n) is 9.41. The Bertz CT molecular complexity index is 1450. The standard InChI is InChI=1S/C22H13Cl2N5O3/c23-13-3-1-12(2-4-13)10-29-17-6-5-14(30)9-15(17)18(20(29)24)19(31)22-28-27-21(32-22)16-7-8-25-11-26-16/h1-9,11,30H,10H2. The van der Waals surface area contributed by atoms with Gasteiger partial charge >= 0.3 is 0 Å². The minimum atomic E-state index is -0.562. The molecule has 0 spiro atoms. The van der Waals surface area contributed by atoms with Crippen LogP contribution in [0.2, 0.25) is 10.2 Å². The lowest BCUT2D eigenvalue weighted by atomic mass is 10.1. The third-order valence-electron chi connectivity index (χ3n) is 4.88. The number of phenolic OH excluding ortho intramolecular Hbond substituents is 1. The van der Waals surface area contributed by atoms with E-state index in [9.17, 15) is 9.90 Å². The third-order valence-corrected chi connectivity index (χ3v) is 5.53. The van der Waals surface area contributed by atoms with E-state index >= 15 is 0 Å². The van der Waals surface area contributed by atoms with Crippen molar-refractivity contribution in [1.29, 1.82) is 0 Å². The zero-order chi connectivity index (χ0) is 22.2. The van der Waals surface area contributed by atoms with E-state index in [4.69, 9.17) is 27.6 Å². The van der Waals surface area contributed by atoms with Gasteiger partial charge in [0.2, 0.25) is 0 Å². The minimum absolute atomic E-state index is 0.000867. The number of aromatic hydroxyl groups is 1. The number of hydrogen-bond donors (Lipinski definition) is 1. The molecule has 0 atom stereocenters. The van der Waals surface area contributed by atoms with Crippen molar-refractivity contribution in [2.75, 3.05) is 0 Å². The number of aromatic nitrogens is 5. The van der Waals surface area contributed by atoms with Crippen LogP contribution in [-0.2, 0) is 6.54 Å². The molecule has 0 fully saturated rings. The maximum atomic E-state index is 13.3. The molecule has 32 heavy (non-hydrogen) atoms. The number of hydrogen-bond acceptors (Lipinski definition) is 7. The van der Waals surface area contributed by atoms with E-state index in [2.05, 4.69) is 20.2 Å². The second-order valence-corrected chi connectivity index (χ2v) is 7.71. The Morgan fingerprint density at radius 3 is 2.62 bits per heavy atom. The van der Waals surface area contributed by atoms with Gasteiger partial charge in [0.15, 0.2) is 0 Å². The summed E-state index contributed by atoms with van der Waals surface area (Å²) in [6, 6.07) is 13.6. The summed E-state index contributed by atoms with van der Waals surface area (Å²) in [5, 5.41) is 19.1. The van der Waals surface area contributed by atoms with E-state index in [1.54, 1.807) is 28.8 Å². The number of fused-ring (bicyclic) bond motifs is 1. The van der Waals surface area contributed by atoms with Gasteiger partial charge in [0, 0.05) is 23.2 Å². The summed E-state index contributed by atoms with van der Waals surface area (Å²) in [5.74, 6) is -0.721. The highest BCUT2D eigenvalue weighted by Gasteiger charge is 2.27. The van der Waals surface area contributed by atoms with Crippen LogP contribution in [0.4, 0.5) is 0 Å². The molecule has 0 saturated carbocycles. The molecule has 0 aliphatic heterocycles. The van der Waals surface area contributed by atoms with Crippen molar-refractivity contribution in [3.8, 4) is 17.3 Å². The predicted molar refractivity (Wildman–Crippen MR) is 118 cm³/mol. The summed E-state index contributed by atoms with van der Waals surface area (Å²) in [4.78, 5) is 21.2. The maximum absolute atomic E-state index is 13.3. The topological polar surface area (TPSA) is 107 Å². The highest BCUT2D eigenvalue weighted by molar-refractivity contribution is 6.36. The van der Waals surface area contributed by atoms with Crippen LogP contribution in [-0.4, -0.2) is 35.6 Å². The third kappa shape index (κ3) is 3.59. The summed E-state index contributed by atoms with van der Waals surface area (Å²) in [6.07, 6.45) is 2.86. The molecule has 0 unspecified atom stereocenters. The molecule has 10 heteroatoms. The Morgan fingerprint density at radius 1 is 1.06 bits per heavy atom. The van der Waals surface area contributed by atoms with E-state index in [0.29, 0.717) is 28.2 Å². The summed E-state index contributed by atoms with van der Waals surface area (Å²) >= 11 is 12.7. The van der Waals surface area contributed by atoms with E-state index in [1.807, 2.05) is 12.1 Å². The van der Waals surface area contributed by atoms with E-state index in [1.165, 1.54) is 24.7 Å². The highest BCUT2D eigenvalue weighted by Crippen LogP contribution is 2.35. The van der Waals surface area contributed by atoms with E-state index < -0.39 is 5.78 Å². The lowest BCUT2D eigenvalue weighted by molar-refractivity contribution is 0.100. The molecule has 1 N–H and O–H groups in total. The van der Waals surface area contributed by atoms with Gasteiger partial charge in [0.1, 0.15) is 22.9 Å². The molecule has 0 bridgehead atoms. The number of carbonyl (C=O) groups excluding carboxylic acids is 1. The van der Waals surface area contributed by atoms with Crippen molar-refractivity contribution in [2.45, 2.75) is 6.54 Å². The molecule has 5 rings (SSSR count). The van der Waals surface area contributed by atoms with Crippen molar-refractivity contribution >= 4 is 39.9 Å². The Labute approximate surface area is 191 Å². The van der Waals surface area contributed by atoms with Gasteiger partial charge in [-0.25, -0.2) is 9.97 Å². The molecule has 0 aliphatic rings. The van der Waals surface area contributed by atoms with Crippen LogP contribution in [0.5, 0.6) is 5.75 Å². The van der Waals surface area contributed by atoms with Gasteiger partial charge in [-0.3, -0.25) is 4.79 Å². The van der Waals surface area contributed by atoms with Crippen molar-refractivity contribution in [1.82, 2.24) is 24.7 Å². The van der Waals surface area contributed by atoms with Crippen LogP contribution in [0.3, 0.4) is 0 Å². The highest BCUT2D eigenvalue weighted by atomic mass is 35.5. The van der Waals surface area contributed by atoms with Crippen molar-refractivity contribution in [3.05, 3.63) is 88.2 Å². The second kappa shape index (κ2) is 8.07. The fourth-order valence-corrected chi connectivity index (χ4v) is 3.86. The van der Waals surface area contributed by atoms with E-state index in [-0.39, 0.29) is 28.2 Å². The molecular formula is C22H13Cl2N5O3. The molecule has 0 saturated heterocycles. The summed E-state index contributed by atoms with van der Waals surface area (Å²) in [5.41, 5.74) is 2.15. The average Bonchev–Trinajstić information content (AvgIpc) is 3.39. The quantitative estimate of drug-likeness (QED) is 0.372. The number of phenols is 1. The van der Waals surface area contributed by atoms with Crippen LogP contribution in [0.15, 0.2) is 65.5 Å². The van der Waals surface area contributed by atoms with Crippen LogP contribution in [0.25, 0.3) is 22.5 Å². The monoisotopic (exact) mass is 465 g/mol. The zero-order valence-corrected chi connectivity index (χ0v) is 17.7. The smallest absolute Gasteiger partial charge is 0.289 e. The molecular weight excluding hydrogens is 453 g/mol. The number of nitrogens with zero attached hydrogens (tertiary/aromatic N) is 5. The van der Waals surface area contributed by atoms with Crippen molar-refractivity contribution < 1.29 is 14.3 Å². The number of carbonyl (C=O) groups is 1. The van der Waals surface area contributed by atoms with Gasteiger partial charge in [0.05, 0.1) is 11.1 Å². The van der Waals surface area contributed by atoms with Gasteiger partial charge in [-0.1, -0.05) is 35.3 Å². The van der Waals surface area contributed by atoms with Gasteiger partial charge in [-0.15, -0.1) is 10.2 Å². The molecule has 0 aliphatic carbocycles. The Balaban J connectivity index is 1.60. The molecule has 2 aromatic carbocycles. The van der Waals surface area contributed by atoms with E-state index in [0.717, 1.165) is 5.56 Å². The normalized spacial score (nSPS) is 11.2. The molecule has 3 heterocycles. The zero-order valence-electron chi connectivity index (χ0n) is 16.2.